The van der Waals surface area contributed by atoms with Gasteiger partial charge in [0.05, 0.1) is 5.92 Å². The van der Waals surface area contributed by atoms with Crippen LogP contribution in [0.5, 0.6) is 0 Å². The molecule has 1 N–H and O–H groups in total. The second-order valence-corrected chi connectivity index (χ2v) is 6.71. The van der Waals surface area contributed by atoms with Crippen LogP contribution >= 0.6 is 0 Å². The molecule has 0 fully saturated rings. The number of carbonyl (C=O) groups is 1. The Balaban J connectivity index is 3.69. The zero-order valence-corrected chi connectivity index (χ0v) is 12.8. The molecule has 0 saturated carbocycles. The number of rotatable bonds is 10. The van der Waals surface area contributed by atoms with E-state index >= 15 is 0 Å². The fourth-order valence-electron chi connectivity index (χ4n) is 2.40. The van der Waals surface area contributed by atoms with Gasteiger partial charge < -0.3 is 5.11 Å². The maximum atomic E-state index is 11.2. The molecule has 0 spiro atoms. The van der Waals surface area contributed by atoms with Crippen molar-refractivity contribution in [1.29, 1.82) is 0 Å². The molecule has 0 aliphatic carbocycles. The van der Waals surface area contributed by atoms with E-state index in [0.29, 0.717) is 0 Å². The fraction of sp³-hybridized carbons (Fsp3) is 0.938. The normalized spacial score (nSPS) is 13.6. The molecule has 0 rings (SSSR count). The van der Waals surface area contributed by atoms with E-state index in [9.17, 15) is 9.90 Å². The Hall–Kier alpha value is -0.530. The minimum absolute atomic E-state index is 0.115. The van der Waals surface area contributed by atoms with Crippen LogP contribution in [0.15, 0.2) is 0 Å². The van der Waals surface area contributed by atoms with Gasteiger partial charge in [0.25, 0.3) is 0 Å². The number of carboxylic acids is 1. The van der Waals surface area contributed by atoms with Crippen LogP contribution in [0.25, 0.3) is 0 Å². The van der Waals surface area contributed by atoms with Gasteiger partial charge >= 0.3 is 5.97 Å². The van der Waals surface area contributed by atoms with Crippen LogP contribution in [-0.2, 0) is 4.79 Å². The third-order valence-electron chi connectivity index (χ3n) is 3.36. The van der Waals surface area contributed by atoms with Crippen LogP contribution in [0.1, 0.15) is 85.5 Å². The van der Waals surface area contributed by atoms with E-state index in [2.05, 4.69) is 27.7 Å². The van der Waals surface area contributed by atoms with Crippen LogP contribution in [0.2, 0.25) is 0 Å². The van der Waals surface area contributed by atoms with Gasteiger partial charge in [-0.1, -0.05) is 72.6 Å². The third-order valence-corrected chi connectivity index (χ3v) is 3.36. The minimum Gasteiger partial charge on any atom is -0.481 e. The second kappa shape index (κ2) is 9.41. The van der Waals surface area contributed by atoms with E-state index in [1.54, 1.807) is 0 Å². The Labute approximate surface area is 113 Å². The Morgan fingerprint density at radius 1 is 1.00 bits per heavy atom. The van der Waals surface area contributed by atoms with Gasteiger partial charge in [-0.05, 0) is 18.3 Å². The molecule has 0 aromatic rings. The molecule has 0 aliphatic rings. The molecule has 1 unspecified atom stereocenters. The van der Waals surface area contributed by atoms with Crippen LogP contribution < -0.4 is 0 Å². The number of aliphatic carboxylic acids is 1. The van der Waals surface area contributed by atoms with E-state index in [1.807, 2.05) is 0 Å². The monoisotopic (exact) mass is 256 g/mol. The van der Waals surface area contributed by atoms with E-state index in [1.165, 1.54) is 38.5 Å². The van der Waals surface area contributed by atoms with Crippen LogP contribution in [0.3, 0.4) is 0 Å². The van der Waals surface area contributed by atoms with Crippen molar-refractivity contribution in [3.8, 4) is 0 Å². The first-order valence-corrected chi connectivity index (χ1v) is 7.59. The molecule has 0 radical (unpaired) electrons. The number of unbranched alkanes of at least 4 members (excludes halogenated alkanes) is 6. The number of hydrogen-bond donors (Lipinski definition) is 1. The first-order chi connectivity index (χ1) is 8.37. The van der Waals surface area contributed by atoms with Gasteiger partial charge in [0, 0.05) is 0 Å². The predicted molar refractivity (Wildman–Crippen MR) is 77.8 cm³/mol. The van der Waals surface area contributed by atoms with Crippen LogP contribution in [-0.4, -0.2) is 11.1 Å². The largest absolute Gasteiger partial charge is 0.481 e. The van der Waals surface area contributed by atoms with Gasteiger partial charge in [-0.15, -0.1) is 0 Å². The van der Waals surface area contributed by atoms with Crippen molar-refractivity contribution < 1.29 is 9.90 Å². The summed E-state index contributed by atoms with van der Waals surface area (Å²) in [5.41, 5.74) is 0.115. The maximum Gasteiger partial charge on any atom is 0.306 e. The van der Waals surface area contributed by atoms with Gasteiger partial charge in [0.1, 0.15) is 0 Å². The van der Waals surface area contributed by atoms with Gasteiger partial charge in [-0.25, -0.2) is 0 Å². The van der Waals surface area contributed by atoms with Crippen molar-refractivity contribution >= 4 is 5.97 Å². The number of carboxylic acid groups (broad SMARTS) is 1. The Morgan fingerprint density at radius 3 is 1.94 bits per heavy atom. The molecule has 2 heteroatoms. The lowest BCUT2D eigenvalue weighted by Gasteiger charge is -2.23. The second-order valence-electron chi connectivity index (χ2n) is 6.71. The first kappa shape index (κ1) is 17.5. The molecule has 108 valence electrons. The molecule has 0 heterocycles. The molecule has 0 amide bonds. The third kappa shape index (κ3) is 10.6. The summed E-state index contributed by atoms with van der Waals surface area (Å²) in [5, 5.41) is 9.21. The lowest BCUT2D eigenvalue weighted by atomic mass is 9.82. The SMILES string of the molecule is CCCCCCCCCC(CC(C)(C)C)C(=O)O. The lowest BCUT2D eigenvalue weighted by Crippen LogP contribution is -2.20. The summed E-state index contributed by atoms with van der Waals surface area (Å²) in [6.07, 6.45) is 10.4. The molecule has 18 heavy (non-hydrogen) atoms. The smallest absolute Gasteiger partial charge is 0.306 e. The average molecular weight is 256 g/mol. The molecule has 0 bridgehead atoms. The van der Waals surface area contributed by atoms with Crippen molar-refractivity contribution in [3.63, 3.8) is 0 Å². The molecular weight excluding hydrogens is 224 g/mol. The molecule has 0 aliphatic heterocycles. The van der Waals surface area contributed by atoms with Gasteiger partial charge in [-0.2, -0.15) is 0 Å². The van der Waals surface area contributed by atoms with Crippen LogP contribution in [0, 0.1) is 11.3 Å². The highest BCUT2D eigenvalue weighted by Gasteiger charge is 2.23. The Morgan fingerprint density at radius 2 is 1.50 bits per heavy atom. The molecule has 2 nitrogen and oxygen atoms in total. The standard InChI is InChI=1S/C16H32O2/c1-5-6-7-8-9-10-11-12-14(15(17)18)13-16(2,3)4/h14H,5-13H2,1-4H3,(H,17,18). The fourth-order valence-corrected chi connectivity index (χ4v) is 2.40. The number of hydrogen-bond acceptors (Lipinski definition) is 1. The topological polar surface area (TPSA) is 37.3 Å². The summed E-state index contributed by atoms with van der Waals surface area (Å²) >= 11 is 0. The first-order valence-electron chi connectivity index (χ1n) is 7.59. The average Bonchev–Trinajstić information content (AvgIpc) is 2.24. The van der Waals surface area contributed by atoms with E-state index in [4.69, 9.17) is 0 Å². The summed E-state index contributed by atoms with van der Waals surface area (Å²) in [6.45, 7) is 8.58. The van der Waals surface area contributed by atoms with Crippen molar-refractivity contribution in [3.05, 3.63) is 0 Å². The Bertz CT molecular complexity index is 216. The highest BCUT2D eigenvalue weighted by molar-refractivity contribution is 5.69. The summed E-state index contributed by atoms with van der Waals surface area (Å²) in [5.74, 6) is -0.767. The molecule has 0 aromatic heterocycles. The molecule has 0 saturated heterocycles. The van der Waals surface area contributed by atoms with Crippen LogP contribution in [0.4, 0.5) is 0 Å². The highest BCUT2D eigenvalue weighted by Crippen LogP contribution is 2.28. The maximum absolute atomic E-state index is 11.2. The van der Waals surface area contributed by atoms with E-state index < -0.39 is 5.97 Å². The summed E-state index contributed by atoms with van der Waals surface area (Å²) in [4.78, 5) is 11.2. The lowest BCUT2D eigenvalue weighted by molar-refractivity contribution is -0.143. The van der Waals surface area contributed by atoms with Gasteiger partial charge in [0.15, 0.2) is 0 Å². The molecule has 1 atom stereocenters. The summed E-state index contributed by atoms with van der Waals surface area (Å²) in [7, 11) is 0. The van der Waals surface area contributed by atoms with Crippen molar-refractivity contribution in [2.24, 2.45) is 11.3 Å². The van der Waals surface area contributed by atoms with Crippen molar-refractivity contribution in [2.45, 2.75) is 85.5 Å². The molecular formula is C16H32O2. The zero-order valence-electron chi connectivity index (χ0n) is 12.8. The van der Waals surface area contributed by atoms with Gasteiger partial charge in [-0.3, -0.25) is 4.79 Å². The van der Waals surface area contributed by atoms with Crippen molar-refractivity contribution in [2.75, 3.05) is 0 Å². The molecule has 0 aromatic carbocycles. The van der Waals surface area contributed by atoms with Crippen molar-refractivity contribution in [1.82, 2.24) is 0 Å². The van der Waals surface area contributed by atoms with E-state index in [0.717, 1.165) is 19.3 Å². The summed E-state index contributed by atoms with van der Waals surface area (Å²) in [6, 6.07) is 0. The minimum atomic E-state index is -0.615. The highest BCUT2D eigenvalue weighted by atomic mass is 16.4. The quantitative estimate of drug-likeness (QED) is 0.541. The zero-order chi connectivity index (χ0) is 14.0. The Kier molecular flexibility index (Phi) is 9.13. The summed E-state index contributed by atoms with van der Waals surface area (Å²) < 4.78 is 0. The van der Waals surface area contributed by atoms with Gasteiger partial charge in [0.2, 0.25) is 0 Å². The van der Waals surface area contributed by atoms with E-state index in [-0.39, 0.29) is 11.3 Å². The predicted octanol–water partition coefficient (Wildman–Crippen LogP) is 5.26.